The van der Waals surface area contributed by atoms with Crippen LogP contribution in [0.25, 0.3) is 0 Å². The predicted octanol–water partition coefficient (Wildman–Crippen LogP) is 2.17. The van der Waals surface area contributed by atoms with Gasteiger partial charge in [-0.1, -0.05) is 13.8 Å². The Morgan fingerprint density at radius 1 is 1.44 bits per heavy atom. The van der Waals surface area contributed by atoms with Crippen molar-refractivity contribution in [3.05, 3.63) is 12.2 Å². The van der Waals surface area contributed by atoms with E-state index < -0.39 is 0 Å². The number of alkyl halides is 1. The van der Waals surface area contributed by atoms with Crippen molar-refractivity contribution in [2.45, 2.75) is 32.2 Å². The molecule has 0 bridgehead atoms. The Hall–Kier alpha value is -0.610. The number of halogens is 1. The van der Waals surface area contributed by atoms with Crippen molar-refractivity contribution >= 4 is 11.6 Å². The maximum absolute atomic E-state index is 5.85. The summed E-state index contributed by atoms with van der Waals surface area (Å²) in [7, 11) is 4.16. The molecule has 0 aliphatic rings. The minimum atomic E-state index is 0.402. The van der Waals surface area contributed by atoms with E-state index in [2.05, 4.69) is 47.6 Å². The molecule has 1 unspecified atom stereocenters. The second kappa shape index (κ2) is 6.21. The first kappa shape index (κ1) is 13.5. The van der Waals surface area contributed by atoms with Crippen LogP contribution in [0.1, 0.15) is 32.1 Å². The van der Waals surface area contributed by atoms with Gasteiger partial charge in [-0.15, -0.1) is 21.8 Å². The Bertz CT molecular complexity index is 299. The second-order valence-electron chi connectivity index (χ2n) is 4.83. The van der Waals surface area contributed by atoms with Crippen LogP contribution in [0.2, 0.25) is 0 Å². The van der Waals surface area contributed by atoms with Crippen LogP contribution in [0.15, 0.2) is 6.33 Å². The average molecular weight is 245 g/mol. The third-order valence-electron chi connectivity index (χ3n) is 2.48. The molecule has 0 N–H and O–H groups in total. The van der Waals surface area contributed by atoms with Crippen LogP contribution >= 0.6 is 11.6 Å². The van der Waals surface area contributed by atoms with Gasteiger partial charge in [0.2, 0.25) is 0 Å². The fourth-order valence-electron chi connectivity index (χ4n) is 1.91. The SMILES string of the molecule is CC(C)CC(CN(C)C)n1cnnc1CCl. The summed E-state index contributed by atoms with van der Waals surface area (Å²) in [4.78, 5) is 2.19. The van der Waals surface area contributed by atoms with Crippen LogP contribution < -0.4 is 0 Å². The highest BCUT2D eigenvalue weighted by Gasteiger charge is 2.17. The van der Waals surface area contributed by atoms with Gasteiger partial charge in [-0.05, 0) is 26.4 Å². The number of nitrogens with zero attached hydrogens (tertiary/aromatic N) is 4. The van der Waals surface area contributed by atoms with E-state index in [1.165, 1.54) is 0 Å². The monoisotopic (exact) mass is 244 g/mol. The number of hydrogen-bond acceptors (Lipinski definition) is 3. The lowest BCUT2D eigenvalue weighted by molar-refractivity contribution is 0.285. The normalized spacial score (nSPS) is 13.7. The van der Waals surface area contributed by atoms with Gasteiger partial charge in [-0.3, -0.25) is 0 Å². The summed E-state index contributed by atoms with van der Waals surface area (Å²) in [6, 6.07) is 0.402. The van der Waals surface area contributed by atoms with E-state index >= 15 is 0 Å². The summed E-state index contributed by atoms with van der Waals surface area (Å²) in [5.41, 5.74) is 0. The molecule has 1 atom stereocenters. The molecule has 92 valence electrons. The summed E-state index contributed by atoms with van der Waals surface area (Å²) in [5, 5.41) is 7.97. The molecule has 16 heavy (non-hydrogen) atoms. The summed E-state index contributed by atoms with van der Waals surface area (Å²) < 4.78 is 2.10. The van der Waals surface area contributed by atoms with Gasteiger partial charge in [0.25, 0.3) is 0 Å². The molecule has 0 fully saturated rings. The largest absolute Gasteiger partial charge is 0.312 e. The zero-order chi connectivity index (χ0) is 12.1. The summed E-state index contributed by atoms with van der Waals surface area (Å²) in [6.45, 7) is 5.45. The molecule has 1 heterocycles. The molecule has 0 aliphatic carbocycles. The molecular formula is C11H21ClN4. The van der Waals surface area contributed by atoms with Crippen LogP contribution in [-0.2, 0) is 5.88 Å². The van der Waals surface area contributed by atoms with Crippen molar-refractivity contribution in [1.29, 1.82) is 0 Å². The van der Waals surface area contributed by atoms with Crippen molar-refractivity contribution in [3.8, 4) is 0 Å². The van der Waals surface area contributed by atoms with Gasteiger partial charge in [0.05, 0.1) is 5.88 Å². The van der Waals surface area contributed by atoms with Crippen molar-refractivity contribution in [1.82, 2.24) is 19.7 Å². The average Bonchev–Trinajstić information content (AvgIpc) is 2.62. The second-order valence-corrected chi connectivity index (χ2v) is 5.10. The lowest BCUT2D eigenvalue weighted by Gasteiger charge is -2.24. The third-order valence-corrected chi connectivity index (χ3v) is 2.72. The Balaban J connectivity index is 2.82. The minimum absolute atomic E-state index is 0.402. The lowest BCUT2D eigenvalue weighted by atomic mass is 10.0. The molecule has 0 saturated carbocycles. The number of likely N-dealkylation sites (N-methyl/N-ethyl adjacent to an activating group) is 1. The number of hydrogen-bond donors (Lipinski definition) is 0. The number of aromatic nitrogens is 3. The highest BCUT2D eigenvalue weighted by Crippen LogP contribution is 2.20. The van der Waals surface area contributed by atoms with E-state index in [0.717, 1.165) is 18.8 Å². The van der Waals surface area contributed by atoms with Crippen LogP contribution in [0.4, 0.5) is 0 Å². The summed E-state index contributed by atoms with van der Waals surface area (Å²) >= 11 is 5.85. The molecule has 1 aromatic rings. The molecule has 1 aromatic heterocycles. The van der Waals surface area contributed by atoms with E-state index in [9.17, 15) is 0 Å². The standard InChI is InChI=1S/C11H21ClN4/c1-9(2)5-10(7-15(3)4)16-8-13-14-11(16)6-12/h8-10H,5-7H2,1-4H3. The molecule has 0 saturated heterocycles. The summed E-state index contributed by atoms with van der Waals surface area (Å²) in [6.07, 6.45) is 2.90. The zero-order valence-electron chi connectivity index (χ0n) is 10.5. The highest BCUT2D eigenvalue weighted by atomic mass is 35.5. The summed E-state index contributed by atoms with van der Waals surface area (Å²) in [5.74, 6) is 1.92. The molecular weight excluding hydrogens is 224 g/mol. The van der Waals surface area contributed by atoms with E-state index in [0.29, 0.717) is 17.8 Å². The van der Waals surface area contributed by atoms with Gasteiger partial charge >= 0.3 is 0 Å². The highest BCUT2D eigenvalue weighted by molar-refractivity contribution is 6.16. The van der Waals surface area contributed by atoms with Crippen LogP contribution in [0, 0.1) is 5.92 Å². The molecule has 0 spiro atoms. The third kappa shape index (κ3) is 3.76. The first-order valence-corrected chi connectivity index (χ1v) is 6.17. The van der Waals surface area contributed by atoms with Gasteiger partial charge in [-0.25, -0.2) is 0 Å². The topological polar surface area (TPSA) is 34.0 Å². The molecule has 0 radical (unpaired) electrons. The Labute approximate surface area is 103 Å². The Morgan fingerprint density at radius 3 is 2.62 bits per heavy atom. The van der Waals surface area contributed by atoms with Crippen molar-refractivity contribution < 1.29 is 0 Å². The quantitative estimate of drug-likeness (QED) is 0.720. The van der Waals surface area contributed by atoms with Gasteiger partial charge in [0, 0.05) is 12.6 Å². The Kier molecular flexibility index (Phi) is 5.22. The molecule has 0 aliphatic heterocycles. The molecule has 0 aromatic carbocycles. The van der Waals surface area contributed by atoms with E-state index in [4.69, 9.17) is 11.6 Å². The first-order valence-electron chi connectivity index (χ1n) is 5.63. The number of rotatable bonds is 6. The maximum atomic E-state index is 5.85. The van der Waals surface area contributed by atoms with E-state index in [-0.39, 0.29) is 0 Å². The maximum Gasteiger partial charge on any atom is 0.148 e. The molecule has 4 nitrogen and oxygen atoms in total. The smallest absolute Gasteiger partial charge is 0.148 e. The fourth-order valence-corrected chi connectivity index (χ4v) is 2.10. The van der Waals surface area contributed by atoms with Crippen LogP contribution in [0.3, 0.4) is 0 Å². The van der Waals surface area contributed by atoms with Gasteiger partial charge in [0.1, 0.15) is 12.2 Å². The molecule has 1 rings (SSSR count). The lowest BCUT2D eigenvalue weighted by Crippen LogP contribution is -2.26. The van der Waals surface area contributed by atoms with Gasteiger partial charge in [-0.2, -0.15) is 0 Å². The predicted molar refractivity (Wildman–Crippen MR) is 66.6 cm³/mol. The van der Waals surface area contributed by atoms with Crippen molar-refractivity contribution in [2.75, 3.05) is 20.6 Å². The van der Waals surface area contributed by atoms with Crippen LogP contribution in [-0.4, -0.2) is 40.3 Å². The van der Waals surface area contributed by atoms with Crippen molar-refractivity contribution in [2.24, 2.45) is 5.92 Å². The minimum Gasteiger partial charge on any atom is -0.312 e. The first-order chi connectivity index (χ1) is 7.54. The van der Waals surface area contributed by atoms with E-state index in [1.54, 1.807) is 6.33 Å². The van der Waals surface area contributed by atoms with Crippen LogP contribution in [0.5, 0.6) is 0 Å². The van der Waals surface area contributed by atoms with Gasteiger partial charge in [0.15, 0.2) is 0 Å². The van der Waals surface area contributed by atoms with E-state index in [1.807, 2.05) is 0 Å². The van der Waals surface area contributed by atoms with Gasteiger partial charge < -0.3 is 9.47 Å². The zero-order valence-corrected chi connectivity index (χ0v) is 11.3. The molecule has 0 amide bonds. The fraction of sp³-hybridized carbons (Fsp3) is 0.818. The molecule has 5 heteroatoms. The van der Waals surface area contributed by atoms with Crippen molar-refractivity contribution in [3.63, 3.8) is 0 Å². The Morgan fingerprint density at radius 2 is 2.12 bits per heavy atom.